The average Bonchev–Trinajstić information content (AvgIpc) is 3.24. The van der Waals surface area contributed by atoms with Crippen molar-refractivity contribution >= 4 is 23.4 Å². The first-order valence-corrected chi connectivity index (χ1v) is 14.5. The van der Waals surface area contributed by atoms with Crippen LogP contribution in [-0.4, -0.2) is 82.7 Å². The number of hydrogen-bond acceptors (Lipinski definition) is 5. The number of likely N-dealkylation sites (tertiary alicyclic amines) is 1. The van der Waals surface area contributed by atoms with Crippen molar-refractivity contribution < 1.29 is 24.2 Å². The van der Waals surface area contributed by atoms with Crippen molar-refractivity contribution in [2.75, 3.05) is 31.1 Å². The van der Waals surface area contributed by atoms with E-state index in [1.54, 1.807) is 9.80 Å². The standard InChI is InChI=1S/C31H41N3O5/c1-3-13-22(2)32-20-12-17-31-26(29(37)34(27(31)30(32)38)18-9-4-5-10-21-35)25-24(39-31)16-11-19-33(28(25)36)23-14-7-6-8-15-23/h6-8,11-12,14-17,22,24-27,35H,3-5,9-10,13,18-21H2,1-2H3/t22?,24-,25+,26-,27?,31-/m0/s1. The van der Waals surface area contributed by atoms with Crippen molar-refractivity contribution in [3.63, 3.8) is 0 Å². The lowest BCUT2D eigenvalue weighted by Gasteiger charge is -2.37. The summed E-state index contributed by atoms with van der Waals surface area (Å²) in [6.07, 6.45) is 12.1. The highest BCUT2D eigenvalue weighted by atomic mass is 16.5. The summed E-state index contributed by atoms with van der Waals surface area (Å²) in [7, 11) is 0. The molecule has 39 heavy (non-hydrogen) atoms. The molecule has 4 aliphatic rings. The second kappa shape index (κ2) is 11.6. The van der Waals surface area contributed by atoms with E-state index in [1.807, 2.05) is 59.5 Å². The summed E-state index contributed by atoms with van der Waals surface area (Å²) in [5.74, 6) is -1.89. The van der Waals surface area contributed by atoms with Crippen LogP contribution in [0.4, 0.5) is 5.69 Å². The number of carbonyl (C=O) groups excluding carboxylic acids is 3. The number of anilines is 1. The smallest absolute Gasteiger partial charge is 0.249 e. The van der Waals surface area contributed by atoms with Crippen LogP contribution in [0.2, 0.25) is 0 Å². The molecule has 210 valence electrons. The number of ether oxygens (including phenoxy) is 1. The van der Waals surface area contributed by atoms with Crippen molar-refractivity contribution in [2.24, 2.45) is 11.8 Å². The molecular formula is C31H41N3O5. The summed E-state index contributed by atoms with van der Waals surface area (Å²) in [6, 6.07) is 8.74. The Hall–Kier alpha value is -2.97. The van der Waals surface area contributed by atoms with E-state index in [-0.39, 0.29) is 30.4 Å². The van der Waals surface area contributed by atoms with Crippen molar-refractivity contribution in [2.45, 2.75) is 76.2 Å². The lowest BCUT2D eigenvalue weighted by molar-refractivity contribution is -0.148. The second-order valence-corrected chi connectivity index (χ2v) is 11.3. The van der Waals surface area contributed by atoms with Crippen LogP contribution in [0.1, 0.15) is 52.4 Å². The first-order valence-electron chi connectivity index (χ1n) is 14.5. The zero-order valence-electron chi connectivity index (χ0n) is 23.1. The number of unbranched alkanes of at least 4 members (excludes halogenated alkanes) is 3. The Morgan fingerprint density at radius 1 is 1.00 bits per heavy atom. The Morgan fingerprint density at radius 3 is 2.51 bits per heavy atom. The summed E-state index contributed by atoms with van der Waals surface area (Å²) in [6.45, 7) is 5.60. The van der Waals surface area contributed by atoms with Gasteiger partial charge in [-0.05, 0) is 38.3 Å². The summed E-state index contributed by atoms with van der Waals surface area (Å²) in [5, 5.41) is 9.15. The Balaban J connectivity index is 1.52. The third kappa shape index (κ3) is 4.82. The molecule has 1 aromatic carbocycles. The highest BCUT2D eigenvalue weighted by Gasteiger charge is 2.71. The Kier molecular flexibility index (Phi) is 8.24. The molecule has 1 aromatic rings. The van der Waals surface area contributed by atoms with E-state index < -0.39 is 29.6 Å². The predicted octanol–water partition coefficient (Wildman–Crippen LogP) is 3.31. The van der Waals surface area contributed by atoms with Crippen molar-refractivity contribution in [1.29, 1.82) is 0 Å². The average molecular weight is 536 g/mol. The highest BCUT2D eigenvalue weighted by molar-refractivity contribution is 6.03. The van der Waals surface area contributed by atoms with Gasteiger partial charge in [0.2, 0.25) is 17.7 Å². The van der Waals surface area contributed by atoms with Gasteiger partial charge in [0.15, 0.2) is 0 Å². The van der Waals surface area contributed by atoms with Gasteiger partial charge in [0.05, 0.1) is 17.9 Å². The minimum atomic E-state index is -1.19. The van der Waals surface area contributed by atoms with Gasteiger partial charge in [-0.15, -0.1) is 0 Å². The van der Waals surface area contributed by atoms with E-state index in [2.05, 4.69) is 13.8 Å². The fourth-order valence-electron chi connectivity index (χ4n) is 6.95. The van der Waals surface area contributed by atoms with Crippen LogP contribution in [0.25, 0.3) is 0 Å². The molecule has 2 saturated heterocycles. The molecule has 4 heterocycles. The van der Waals surface area contributed by atoms with Crippen LogP contribution in [0.3, 0.4) is 0 Å². The fourth-order valence-corrected chi connectivity index (χ4v) is 6.95. The van der Waals surface area contributed by atoms with Crippen LogP contribution in [-0.2, 0) is 19.1 Å². The molecule has 6 atom stereocenters. The van der Waals surface area contributed by atoms with Crippen molar-refractivity contribution in [1.82, 2.24) is 9.80 Å². The molecule has 0 aliphatic carbocycles. The number of amides is 3. The van der Waals surface area contributed by atoms with Gasteiger partial charge < -0.3 is 24.5 Å². The normalized spacial score (nSPS) is 30.7. The Labute approximate surface area is 231 Å². The van der Waals surface area contributed by atoms with Crippen LogP contribution < -0.4 is 4.90 Å². The number of benzene rings is 1. The molecule has 5 rings (SSSR count). The Bertz CT molecular complexity index is 1120. The lowest BCUT2D eigenvalue weighted by Crippen LogP contribution is -2.56. The molecule has 0 aromatic heterocycles. The molecule has 0 saturated carbocycles. The molecule has 8 heteroatoms. The molecule has 1 N–H and O–H groups in total. The lowest BCUT2D eigenvalue weighted by atomic mass is 9.77. The second-order valence-electron chi connectivity index (χ2n) is 11.3. The van der Waals surface area contributed by atoms with Gasteiger partial charge in [-0.1, -0.05) is 68.7 Å². The monoisotopic (exact) mass is 535 g/mol. The fraction of sp³-hybridized carbons (Fsp3) is 0.581. The summed E-state index contributed by atoms with van der Waals surface area (Å²) >= 11 is 0. The van der Waals surface area contributed by atoms with E-state index in [0.29, 0.717) is 19.6 Å². The topological polar surface area (TPSA) is 90.4 Å². The van der Waals surface area contributed by atoms with Crippen molar-refractivity contribution in [3.8, 4) is 0 Å². The van der Waals surface area contributed by atoms with Crippen LogP contribution in [0.15, 0.2) is 54.6 Å². The SMILES string of the molecule is CCCC(C)N1CC=C[C@]23O[C@H]4C=CCN(c5ccccc5)C(=O)[C@H]4[C@H]2C(=O)N(CCCCCCO)C3C1=O. The summed E-state index contributed by atoms with van der Waals surface area (Å²) in [4.78, 5) is 48.0. The third-order valence-corrected chi connectivity index (χ3v) is 8.80. The maximum atomic E-state index is 14.3. The molecule has 2 unspecified atom stereocenters. The molecule has 1 spiro atoms. The minimum Gasteiger partial charge on any atom is -0.396 e. The summed E-state index contributed by atoms with van der Waals surface area (Å²) in [5.41, 5.74) is -0.404. The molecule has 2 fully saturated rings. The van der Waals surface area contributed by atoms with E-state index in [1.165, 1.54) is 0 Å². The number of fused-ring (bicyclic) bond motifs is 2. The van der Waals surface area contributed by atoms with E-state index in [0.717, 1.165) is 44.2 Å². The molecule has 0 radical (unpaired) electrons. The first kappa shape index (κ1) is 27.6. The largest absolute Gasteiger partial charge is 0.396 e. The number of hydrogen-bond donors (Lipinski definition) is 1. The maximum absolute atomic E-state index is 14.3. The van der Waals surface area contributed by atoms with Crippen molar-refractivity contribution in [3.05, 3.63) is 54.6 Å². The Morgan fingerprint density at radius 2 is 1.77 bits per heavy atom. The van der Waals surface area contributed by atoms with E-state index in [9.17, 15) is 14.4 Å². The third-order valence-electron chi connectivity index (χ3n) is 8.80. The van der Waals surface area contributed by atoms with Crippen LogP contribution >= 0.6 is 0 Å². The van der Waals surface area contributed by atoms with E-state index in [4.69, 9.17) is 9.84 Å². The number of aliphatic hydroxyl groups is 1. The number of nitrogens with zero attached hydrogens (tertiary/aromatic N) is 3. The molecule has 8 nitrogen and oxygen atoms in total. The number of aliphatic hydroxyl groups excluding tert-OH is 1. The van der Waals surface area contributed by atoms with Crippen LogP contribution in [0.5, 0.6) is 0 Å². The minimum absolute atomic E-state index is 0.0323. The number of rotatable bonds is 10. The predicted molar refractivity (Wildman–Crippen MR) is 149 cm³/mol. The number of para-hydroxylation sites is 1. The van der Waals surface area contributed by atoms with Gasteiger partial charge in [-0.25, -0.2) is 0 Å². The van der Waals surface area contributed by atoms with Gasteiger partial charge in [0.25, 0.3) is 0 Å². The zero-order chi connectivity index (χ0) is 27.6. The van der Waals surface area contributed by atoms with Gasteiger partial charge in [0.1, 0.15) is 11.6 Å². The zero-order valence-corrected chi connectivity index (χ0v) is 23.1. The van der Waals surface area contributed by atoms with Gasteiger partial charge in [-0.2, -0.15) is 0 Å². The quantitative estimate of drug-likeness (QED) is 0.367. The van der Waals surface area contributed by atoms with Crippen LogP contribution in [0, 0.1) is 11.8 Å². The highest BCUT2D eigenvalue weighted by Crippen LogP contribution is 2.53. The summed E-state index contributed by atoms with van der Waals surface area (Å²) < 4.78 is 6.74. The number of carbonyl (C=O) groups is 3. The van der Waals surface area contributed by atoms with E-state index >= 15 is 0 Å². The van der Waals surface area contributed by atoms with Gasteiger partial charge in [-0.3, -0.25) is 14.4 Å². The van der Waals surface area contributed by atoms with Gasteiger partial charge in [0, 0.05) is 38.0 Å². The molecular weight excluding hydrogens is 494 g/mol. The molecule has 4 aliphatic heterocycles. The molecule has 3 amide bonds. The maximum Gasteiger partial charge on any atom is 0.249 e. The molecule has 0 bridgehead atoms. The van der Waals surface area contributed by atoms with Gasteiger partial charge >= 0.3 is 0 Å². The first-order chi connectivity index (χ1) is 18.9.